The summed E-state index contributed by atoms with van der Waals surface area (Å²) in [6.45, 7) is 0.656. The minimum absolute atomic E-state index is 0.252. The van der Waals surface area contributed by atoms with Crippen LogP contribution in [0.4, 0.5) is 0 Å². The van der Waals surface area contributed by atoms with Crippen LogP contribution >= 0.6 is 0 Å². The molecule has 0 bridgehead atoms. The Morgan fingerprint density at radius 1 is 1.35 bits per heavy atom. The maximum absolute atomic E-state index is 12.4. The smallest absolute Gasteiger partial charge is 0.238 e. The number of fused-ring (bicyclic) bond motifs is 1. The normalized spacial score (nSPS) is 19.8. The van der Waals surface area contributed by atoms with E-state index in [1.165, 1.54) is 4.31 Å². The van der Waals surface area contributed by atoms with Gasteiger partial charge in [0.15, 0.2) is 0 Å². The van der Waals surface area contributed by atoms with E-state index in [4.69, 9.17) is 4.42 Å². The first-order valence-electron chi connectivity index (χ1n) is 7.67. The van der Waals surface area contributed by atoms with E-state index >= 15 is 0 Å². The molecule has 0 saturated carbocycles. The lowest BCUT2D eigenvalue weighted by Crippen LogP contribution is -2.51. The molecule has 1 saturated heterocycles. The van der Waals surface area contributed by atoms with Crippen LogP contribution in [0, 0.1) is 0 Å². The van der Waals surface area contributed by atoms with Crippen molar-refractivity contribution < 1.29 is 17.6 Å². The Balaban J connectivity index is 1.68. The van der Waals surface area contributed by atoms with E-state index in [1.54, 1.807) is 0 Å². The third-order valence-electron chi connectivity index (χ3n) is 4.10. The predicted molar refractivity (Wildman–Crippen MR) is 87.2 cm³/mol. The van der Waals surface area contributed by atoms with E-state index in [9.17, 15) is 13.2 Å². The molecule has 1 N–H and O–H groups in total. The minimum atomic E-state index is -3.37. The molecule has 0 aliphatic carbocycles. The number of rotatable bonds is 4. The Morgan fingerprint density at radius 3 is 2.87 bits per heavy atom. The molecular formula is C16H20N2O4S. The average molecular weight is 336 g/mol. The molecule has 3 rings (SSSR count). The molecule has 124 valence electrons. The molecule has 1 aromatic heterocycles. The Bertz CT molecular complexity index is 779. The molecule has 6 nitrogen and oxygen atoms in total. The van der Waals surface area contributed by atoms with Gasteiger partial charge in [-0.2, -0.15) is 4.31 Å². The van der Waals surface area contributed by atoms with Crippen molar-refractivity contribution in [1.29, 1.82) is 0 Å². The van der Waals surface area contributed by atoms with Crippen molar-refractivity contribution in [2.75, 3.05) is 12.8 Å². The van der Waals surface area contributed by atoms with Gasteiger partial charge in [0, 0.05) is 11.9 Å². The lowest BCUT2D eigenvalue weighted by molar-refractivity contribution is -0.125. The number of carbonyl (C=O) groups excluding carboxylic acids is 1. The fraction of sp³-hybridized carbons (Fsp3) is 0.438. The number of hydrogen-bond acceptors (Lipinski definition) is 4. The Kier molecular flexibility index (Phi) is 4.41. The van der Waals surface area contributed by atoms with Crippen LogP contribution in [-0.4, -0.2) is 37.5 Å². The number of nitrogens with one attached hydrogen (secondary N) is 1. The number of furan rings is 1. The summed E-state index contributed by atoms with van der Waals surface area (Å²) in [7, 11) is -3.37. The lowest BCUT2D eigenvalue weighted by Gasteiger charge is -2.32. The molecule has 1 amide bonds. The van der Waals surface area contributed by atoms with E-state index in [0.29, 0.717) is 18.7 Å². The van der Waals surface area contributed by atoms with E-state index in [1.807, 2.05) is 30.3 Å². The van der Waals surface area contributed by atoms with Crippen LogP contribution < -0.4 is 5.32 Å². The first-order chi connectivity index (χ1) is 10.9. The largest absolute Gasteiger partial charge is 0.459 e. The quantitative estimate of drug-likeness (QED) is 0.924. The van der Waals surface area contributed by atoms with Crippen LogP contribution in [0.3, 0.4) is 0 Å². The van der Waals surface area contributed by atoms with Crippen molar-refractivity contribution in [3.63, 3.8) is 0 Å². The second-order valence-electron chi connectivity index (χ2n) is 5.85. The topological polar surface area (TPSA) is 79.6 Å². The average Bonchev–Trinajstić information content (AvgIpc) is 2.94. The minimum Gasteiger partial charge on any atom is -0.459 e. The van der Waals surface area contributed by atoms with Gasteiger partial charge in [-0.3, -0.25) is 4.79 Å². The van der Waals surface area contributed by atoms with Gasteiger partial charge in [-0.1, -0.05) is 24.6 Å². The van der Waals surface area contributed by atoms with Gasteiger partial charge < -0.3 is 9.73 Å². The summed E-state index contributed by atoms with van der Waals surface area (Å²) in [5.41, 5.74) is 0.771. The maximum Gasteiger partial charge on any atom is 0.238 e. The Morgan fingerprint density at radius 2 is 2.13 bits per heavy atom. The zero-order chi connectivity index (χ0) is 16.4. The predicted octanol–water partition coefficient (Wildman–Crippen LogP) is 1.86. The third kappa shape index (κ3) is 3.56. The molecule has 1 fully saturated rings. The molecule has 2 heterocycles. The Labute approximate surface area is 135 Å². The van der Waals surface area contributed by atoms with Crippen molar-refractivity contribution in [2.45, 2.75) is 31.8 Å². The zero-order valence-corrected chi connectivity index (χ0v) is 13.8. The van der Waals surface area contributed by atoms with Crippen LogP contribution in [0.25, 0.3) is 11.0 Å². The first-order valence-corrected chi connectivity index (χ1v) is 9.52. The number of para-hydroxylation sites is 1. The molecule has 0 unspecified atom stereocenters. The van der Waals surface area contributed by atoms with Gasteiger partial charge in [-0.25, -0.2) is 8.42 Å². The molecule has 2 aromatic rings. The van der Waals surface area contributed by atoms with Crippen LogP contribution in [0.1, 0.15) is 25.0 Å². The summed E-state index contributed by atoms with van der Waals surface area (Å²) in [5.74, 6) is 0.386. The highest BCUT2D eigenvalue weighted by Gasteiger charge is 2.34. The standard InChI is InChI=1S/C16H20N2O4S/c1-23(20,21)18-9-5-4-7-14(18)16(19)17-11-13-10-12-6-2-3-8-15(12)22-13/h2-3,6,8,10,14H,4-5,7,9,11H2,1H3,(H,17,19)/t14-/m0/s1. The molecule has 1 atom stereocenters. The van der Waals surface area contributed by atoms with Crippen molar-refractivity contribution in [3.8, 4) is 0 Å². The second kappa shape index (κ2) is 6.33. The number of amides is 1. The van der Waals surface area contributed by atoms with E-state index in [2.05, 4.69) is 5.32 Å². The lowest BCUT2D eigenvalue weighted by atomic mass is 10.0. The van der Waals surface area contributed by atoms with Gasteiger partial charge >= 0.3 is 0 Å². The van der Waals surface area contributed by atoms with Crippen molar-refractivity contribution in [2.24, 2.45) is 0 Å². The summed E-state index contributed by atoms with van der Waals surface area (Å²) in [6, 6.07) is 8.88. The molecule has 0 spiro atoms. The number of nitrogens with zero attached hydrogens (tertiary/aromatic N) is 1. The van der Waals surface area contributed by atoms with Crippen LogP contribution in [0.5, 0.6) is 0 Å². The summed E-state index contributed by atoms with van der Waals surface area (Å²) in [6.07, 6.45) is 3.35. The van der Waals surface area contributed by atoms with E-state index < -0.39 is 16.1 Å². The summed E-state index contributed by atoms with van der Waals surface area (Å²) in [5, 5.41) is 3.77. The van der Waals surface area contributed by atoms with Gasteiger partial charge in [0.25, 0.3) is 0 Å². The van der Waals surface area contributed by atoms with Gasteiger partial charge in [0.1, 0.15) is 17.4 Å². The molecule has 1 aromatic carbocycles. The van der Waals surface area contributed by atoms with E-state index in [0.717, 1.165) is 30.1 Å². The monoisotopic (exact) mass is 336 g/mol. The van der Waals surface area contributed by atoms with E-state index in [-0.39, 0.29) is 12.5 Å². The highest BCUT2D eigenvalue weighted by atomic mass is 32.2. The fourth-order valence-electron chi connectivity index (χ4n) is 2.98. The van der Waals surface area contributed by atoms with Crippen molar-refractivity contribution in [3.05, 3.63) is 36.1 Å². The van der Waals surface area contributed by atoms with Gasteiger partial charge in [0.2, 0.25) is 15.9 Å². The third-order valence-corrected chi connectivity index (χ3v) is 5.38. The van der Waals surface area contributed by atoms with Crippen LogP contribution in [0.15, 0.2) is 34.7 Å². The molecule has 7 heteroatoms. The van der Waals surface area contributed by atoms with Crippen LogP contribution in [0.2, 0.25) is 0 Å². The van der Waals surface area contributed by atoms with Crippen molar-refractivity contribution >= 4 is 26.9 Å². The summed E-state index contributed by atoms with van der Waals surface area (Å²) >= 11 is 0. The number of carbonyl (C=O) groups is 1. The van der Waals surface area contributed by atoms with Gasteiger partial charge in [-0.05, 0) is 25.0 Å². The maximum atomic E-state index is 12.4. The van der Waals surface area contributed by atoms with Crippen LogP contribution in [-0.2, 0) is 21.4 Å². The van der Waals surface area contributed by atoms with Gasteiger partial charge in [-0.15, -0.1) is 0 Å². The molecule has 1 aliphatic heterocycles. The number of benzene rings is 1. The SMILES string of the molecule is CS(=O)(=O)N1CCCC[C@H]1C(=O)NCc1cc2ccccc2o1. The fourth-order valence-corrected chi connectivity index (χ4v) is 4.10. The molecular weight excluding hydrogens is 316 g/mol. The highest BCUT2D eigenvalue weighted by molar-refractivity contribution is 7.88. The molecule has 23 heavy (non-hydrogen) atoms. The second-order valence-corrected chi connectivity index (χ2v) is 7.79. The van der Waals surface area contributed by atoms with Gasteiger partial charge in [0.05, 0.1) is 12.8 Å². The summed E-state index contributed by atoms with van der Waals surface area (Å²) < 4.78 is 30.6. The first kappa shape index (κ1) is 16.0. The number of sulfonamides is 1. The zero-order valence-electron chi connectivity index (χ0n) is 13.0. The Hall–Kier alpha value is -1.86. The number of hydrogen-bond donors (Lipinski definition) is 1. The molecule has 0 radical (unpaired) electrons. The number of piperidine rings is 1. The molecule has 1 aliphatic rings. The summed E-state index contributed by atoms with van der Waals surface area (Å²) in [4.78, 5) is 12.4. The van der Waals surface area contributed by atoms with Crippen molar-refractivity contribution in [1.82, 2.24) is 9.62 Å². The highest BCUT2D eigenvalue weighted by Crippen LogP contribution is 2.21.